The Balaban J connectivity index is 2.16. The fourth-order valence-electron chi connectivity index (χ4n) is 2.08. The minimum absolute atomic E-state index is 0.0605. The molecule has 0 heterocycles. The molecule has 2 aromatic rings. The van der Waals surface area contributed by atoms with E-state index in [1.54, 1.807) is 4.83 Å². The van der Waals surface area contributed by atoms with Crippen molar-refractivity contribution in [2.75, 3.05) is 7.11 Å². The van der Waals surface area contributed by atoms with Gasteiger partial charge in [0.1, 0.15) is 16.5 Å². The Morgan fingerprint density at radius 2 is 1.78 bits per heavy atom. The molecule has 0 fully saturated rings. The molecule has 146 valence electrons. The van der Waals surface area contributed by atoms with Gasteiger partial charge in [0.2, 0.25) is 0 Å². The van der Waals surface area contributed by atoms with Crippen molar-refractivity contribution in [2.45, 2.75) is 24.8 Å². The number of carbonyl (C=O) groups excluding carboxylic acids is 1. The molecule has 1 amide bonds. The van der Waals surface area contributed by atoms with Crippen LogP contribution >= 0.6 is 0 Å². The van der Waals surface area contributed by atoms with E-state index in [0.29, 0.717) is 17.9 Å². The lowest BCUT2D eigenvalue weighted by Gasteiger charge is -2.14. The summed E-state index contributed by atoms with van der Waals surface area (Å²) in [5.41, 5.74) is 1.99. The number of carbonyl (C=O) groups is 1. The SMILES string of the molecule is COc1cc(C(=O)NNS(=O)(=O)c2cc(F)ccc2F)ccc1OC(C)C. The number of amides is 1. The summed E-state index contributed by atoms with van der Waals surface area (Å²) in [7, 11) is -3.12. The summed E-state index contributed by atoms with van der Waals surface area (Å²) in [6.07, 6.45) is -0.119. The topological polar surface area (TPSA) is 93.7 Å². The van der Waals surface area contributed by atoms with Crippen LogP contribution in [0.4, 0.5) is 8.78 Å². The number of methoxy groups -OCH3 is 1. The van der Waals surface area contributed by atoms with Crippen molar-refractivity contribution in [2.24, 2.45) is 0 Å². The largest absolute Gasteiger partial charge is 0.493 e. The molecule has 0 saturated heterocycles. The van der Waals surface area contributed by atoms with Gasteiger partial charge in [-0.1, -0.05) is 0 Å². The fraction of sp³-hybridized carbons (Fsp3) is 0.235. The third-order valence-electron chi connectivity index (χ3n) is 3.27. The first kappa shape index (κ1) is 20.6. The summed E-state index contributed by atoms with van der Waals surface area (Å²) >= 11 is 0. The zero-order valence-electron chi connectivity index (χ0n) is 14.7. The quantitative estimate of drug-likeness (QED) is 0.696. The van der Waals surface area contributed by atoms with E-state index in [0.717, 1.165) is 6.07 Å². The molecule has 2 N–H and O–H groups in total. The van der Waals surface area contributed by atoms with Gasteiger partial charge < -0.3 is 9.47 Å². The zero-order valence-corrected chi connectivity index (χ0v) is 15.6. The highest BCUT2D eigenvalue weighted by atomic mass is 32.2. The molecule has 0 bridgehead atoms. The Morgan fingerprint density at radius 1 is 1.07 bits per heavy atom. The van der Waals surface area contributed by atoms with Crippen molar-refractivity contribution in [3.05, 3.63) is 53.6 Å². The van der Waals surface area contributed by atoms with Crippen LogP contribution in [0.25, 0.3) is 0 Å². The third kappa shape index (κ3) is 5.14. The van der Waals surface area contributed by atoms with Gasteiger partial charge in [-0.25, -0.2) is 17.2 Å². The Hall–Kier alpha value is -2.72. The van der Waals surface area contributed by atoms with Crippen LogP contribution in [-0.2, 0) is 10.0 Å². The van der Waals surface area contributed by atoms with Crippen molar-refractivity contribution < 1.29 is 31.5 Å². The minimum atomic E-state index is -4.51. The number of hydrogen-bond donors (Lipinski definition) is 2. The van der Waals surface area contributed by atoms with Crippen molar-refractivity contribution in [3.63, 3.8) is 0 Å². The molecule has 0 unspecified atom stereocenters. The second-order valence-corrected chi connectivity index (χ2v) is 7.32. The molecule has 0 aliphatic rings. The lowest BCUT2D eigenvalue weighted by molar-refractivity contribution is 0.0944. The Morgan fingerprint density at radius 3 is 2.41 bits per heavy atom. The Bertz CT molecular complexity index is 948. The first-order valence-electron chi connectivity index (χ1n) is 7.76. The Kier molecular flexibility index (Phi) is 6.34. The van der Waals surface area contributed by atoms with E-state index >= 15 is 0 Å². The molecule has 0 aliphatic heterocycles. The molecule has 2 aromatic carbocycles. The zero-order chi connectivity index (χ0) is 20.2. The fourth-order valence-corrected chi connectivity index (χ4v) is 3.01. The molecule has 0 spiro atoms. The van der Waals surface area contributed by atoms with Crippen molar-refractivity contribution in [1.29, 1.82) is 0 Å². The van der Waals surface area contributed by atoms with Gasteiger partial charge in [-0.15, -0.1) is 4.83 Å². The first-order chi connectivity index (χ1) is 12.6. The van der Waals surface area contributed by atoms with Gasteiger partial charge in [0.15, 0.2) is 11.5 Å². The maximum absolute atomic E-state index is 13.6. The normalized spacial score (nSPS) is 11.3. The standard InChI is InChI=1S/C17H18F2N2O5S/c1-10(2)26-14-7-4-11(8-15(14)25-3)17(22)20-21-27(23,24)16-9-12(18)5-6-13(16)19/h4-10,21H,1-3H3,(H,20,22). The predicted molar refractivity (Wildman–Crippen MR) is 92.9 cm³/mol. The van der Waals surface area contributed by atoms with Gasteiger partial charge in [0.25, 0.3) is 15.9 Å². The van der Waals surface area contributed by atoms with Crippen LogP contribution in [0, 0.1) is 11.6 Å². The highest BCUT2D eigenvalue weighted by Crippen LogP contribution is 2.29. The van der Waals surface area contributed by atoms with Gasteiger partial charge in [-0.3, -0.25) is 10.2 Å². The van der Waals surface area contributed by atoms with Crippen LogP contribution in [-0.4, -0.2) is 27.5 Å². The van der Waals surface area contributed by atoms with Crippen LogP contribution < -0.4 is 19.7 Å². The summed E-state index contributed by atoms with van der Waals surface area (Å²) in [4.78, 5) is 13.0. The molecule has 10 heteroatoms. The van der Waals surface area contributed by atoms with Crippen molar-refractivity contribution in [3.8, 4) is 11.5 Å². The second-order valence-electron chi connectivity index (χ2n) is 5.67. The number of nitrogens with one attached hydrogen (secondary N) is 2. The van der Waals surface area contributed by atoms with Gasteiger partial charge in [0, 0.05) is 5.56 Å². The van der Waals surface area contributed by atoms with Crippen molar-refractivity contribution in [1.82, 2.24) is 10.3 Å². The number of rotatable bonds is 7. The van der Waals surface area contributed by atoms with E-state index in [2.05, 4.69) is 0 Å². The smallest absolute Gasteiger partial charge is 0.266 e. The summed E-state index contributed by atoms with van der Waals surface area (Å²) < 4.78 is 61.6. The highest BCUT2D eigenvalue weighted by molar-refractivity contribution is 7.89. The van der Waals surface area contributed by atoms with Gasteiger partial charge in [-0.05, 0) is 50.2 Å². The van der Waals surface area contributed by atoms with Crippen LogP contribution in [0.1, 0.15) is 24.2 Å². The lowest BCUT2D eigenvalue weighted by atomic mass is 10.2. The van der Waals surface area contributed by atoms with Crippen LogP contribution in [0.3, 0.4) is 0 Å². The maximum Gasteiger partial charge on any atom is 0.266 e. The van der Waals surface area contributed by atoms with Gasteiger partial charge in [-0.2, -0.15) is 0 Å². The summed E-state index contributed by atoms with van der Waals surface area (Å²) in [6, 6.07) is 6.19. The monoisotopic (exact) mass is 400 g/mol. The maximum atomic E-state index is 13.6. The third-order valence-corrected chi connectivity index (χ3v) is 4.53. The minimum Gasteiger partial charge on any atom is -0.493 e. The number of halogens is 2. The van der Waals surface area contributed by atoms with Crippen LogP contribution in [0.2, 0.25) is 0 Å². The predicted octanol–water partition coefficient (Wildman–Crippen LogP) is 2.38. The van der Waals surface area contributed by atoms with E-state index in [-0.39, 0.29) is 17.4 Å². The summed E-state index contributed by atoms with van der Waals surface area (Å²) in [5, 5.41) is 0. The molecule has 2 rings (SSSR count). The van der Waals surface area contributed by atoms with E-state index in [4.69, 9.17) is 9.47 Å². The first-order valence-corrected chi connectivity index (χ1v) is 9.24. The number of benzene rings is 2. The molecule has 7 nitrogen and oxygen atoms in total. The Labute approximate surface area is 155 Å². The molecular formula is C17H18F2N2O5S. The number of sulfonamides is 1. The number of hydrogen-bond acceptors (Lipinski definition) is 5. The molecule has 27 heavy (non-hydrogen) atoms. The summed E-state index contributed by atoms with van der Waals surface area (Å²) in [5.74, 6) is -2.24. The molecular weight excluding hydrogens is 382 g/mol. The van der Waals surface area contributed by atoms with Gasteiger partial charge in [0.05, 0.1) is 13.2 Å². The average molecular weight is 400 g/mol. The summed E-state index contributed by atoms with van der Waals surface area (Å²) in [6.45, 7) is 3.64. The second kappa shape index (κ2) is 8.31. The van der Waals surface area contributed by atoms with Crippen LogP contribution in [0.15, 0.2) is 41.3 Å². The van der Waals surface area contributed by atoms with Gasteiger partial charge >= 0.3 is 0 Å². The molecule has 0 atom stereocenters. The van der Waals surface area contributed by atoms with E-state index < -0.39 is 32.5 Å². The van der Waals surface area contributed by atoms with E-state index in [9.17, 15) is 22.0 Å². The van der Waals surface area contributed by atoms with E-state index in [1.807, 2.05) is 19.3 Å². The van der Waals surface area contributed by atoms with Crippen molar-refractivity contribution >= 4 is 15.9 Å². The molecule has 0 aliphatic carbocycles. The highest BCUT2D eigenvalue weighted by Gasteiger charge is 2.21. The van der Waals surface area contributed by atoms with Crippen LogP contribution in [0.5, 0.6) is 11.5 Å². The van der Waals surface area contributed by atoms with E-state index in [1.165, 1.54) is 25.3 Å². The lowest BCUT2D eigenvalue weighted by Crippen LogP contribution is -2.41. The molecule has 0 saturated carbocycles. The molecule has 0 radical (unpaired) electrons. The molecule has 0 aromatic heterocycles. The number of hydrazine groups is 1. The number of ether oxygens (including phenoxy) is 2. The average Bonchev–Trinajstić information content (AvgIpc) is 2.61.